The zero-order valence-electron chi connectivity index (χ0n) is 20.4. The van der Waals surface area contributed by atoms with Crippen molar-refractivity contribution in [3.63, 3.8) is 0 Å². The number of nitrogens with zero attached hydrogens (tertiary/aromatic N) is 6. The largest absolute Gasteiger partial charge is 0.336 e. The number of fused-ring (bicyclic) bond motifs is 2. The molecule has 0 bridgehead atoms. The van der Waals surface area contributed by atoms with Crippen LogP contribution < -0.4 is 0 Å². The molecule has 0 atom stereocenters. The minimum Gasteiger partial charge on any atom is -0.336 e. The molecule has 1 fully saturated rings. The maximum atomic E-state index is 13.6. The van der Waals surface area contributed by atoms with Crippen molar-refractivity contribution >= 4 is 27.8 Å². The monoisotopic (exact) mass is 456 g/mol. The number of aromatic nitrogens is 4. The summed E-state index contributed by atoms with van der Waals surface area (Å²) < 4.78 is 1.91. The standard InChI is InChI=1S/C27H32N6O/c1-18(2)24-15-22(23-16-29-33(19(3)4)26(23)30-24)27(34)32-13-11-31(12-14-32)17-21-8-5-7-20-9-6-10-28-25(20)21/h5-10,15-16,18-19H,11-14,17H2,1-4H3. The first-order valence-electron chi connectivity index (χ1n) is 12.1. The Morgan fingerprint density at radius 2 is 1.79 bits per heavy atom. The van der Waals surface area contributed by atoms with Crippen molar-refractivity contribution in [1.82, 2.24) is 29.5 Å². The van der Waals surface area contributed by atoms with Gasteiger partial charge in [0.25, 0.3) is 5.91 Å². The van der Waals surface area contributed by atoms with E-state index in [1.54, 1.807) is 6.20 Å². The Hall–Kier alpha value is -3.32. The number of piperazine rings is 1. The fraction of sp³-hybridized carbons (Fsp3) is 0.407. The smallest absolute Gasteiger partial charge is 0.254 e. The van der Waals surface area contributed by atoms with Gasteiger partial charge in [-0.15, -0.1) is 0 Å². The summed E-state index contributed by atoms with van der Waals surface area (Å²) in [5.41, 5.74) is 4.74. The first kappa shape index (κ1) is 22.5. The van der Waals surface area contributed by atoms with E-state index in [-0.39, 0.29) is 17.9 Å². The fourth-order valence-corrected chi connectivity index (χ4v) is 4.70. The first-order chi connectivity index (χ1) is 16.4. The molecule has 0 unspecified atom stereocenters. The highest BCUT2D eigenvalue weighted by molar-refractivity contribution is 6.05. The molecule has 34 heavy (non-hydrogen) atoms. The second-order valence-corrected chi connectivity index (χ2v) is 9.73. The molecule has 7 heteroatoms. The van der Waals surface area contributed by atoms with Gasteiger partial charge in [0.15, 0.2) is 5.65 Å². The van der Waals surface area contributed by atoms with Gasteiger partial charge in [0.2, 0.25) is 0 Å². The number of para-hydroxylation sites is 1. The maximum absolute atomic E-state index is 13.6. The summed E-state index contributed by atoms with van der Waals surface area (Å²) in [5.74, 6) is 0.307. The highest BCUT2D eigenvalue weighted by atomic mass is 16.2. The van der Waals surface area contributed by atoms with Gasteiger partial charge in [-0.2, -0.15) is 5.10 Å². The summed E-state index contributed by atoms with van der Waals surface area (Å²) in [4.78, 5) is 27.5. The average Bonchev–Trinajstić information content (AvgIpc) is 3.28. The topological polar surface area (TPSA) is 67.2 Å². The van der Waals surface area contributed by atoms with Crippen molar-refractivity contribution in [2.45, 2.75) is 46.2 Å². The van der Waals surface area contributed by atoms with Gasteiger partial charge in [-0.3, -0.25) is 14.7 Å². The van der Waals surface area contributed by atoms with Crippen molar-refractivity contribution in [1.29, 1.82) is 0 Å². The first-order valence-corrected chi connectivity index (χ1v) is 12.1. The van der Waals surface area contributed by atoms with E-state index < -0.39 is 0 Å². The van der Waals surface area contributed by atoms with E-state index in [2.05, 4.69) is 66.9 Å². The summed E-state index contributed by atoms with van der Waals surface area (Å²) in [6.07, 6.45) is 3.65. The lowest BCUT2D eigenvalue weighted by Crippen LogP contribution is -2.48. The van der Waals surface area contributed by atoms with Gasteiger partial charge in [0.05, 0.1) is 22.7 Å². The van der Waals surface area contributed by atoms with Crippen LogP contribution >= 0.6 is 0 Å². The Bertz CT molecular complexity index is 1330. The van der Waals surface area contributed by atoms with Gasteiger partial charge in [0, 0.05) is 56.0 Å². The molecule has 1 amide bonds. The Labute approximate surface area is 200 Å². The number of hydrogen-bond acceptors (Lipinski definition) is 5. The molecule has 1 aromatic carbocycles. The van der Waals surface area contributed by atoms with E-state index in [0.29, 0.717) is 18.7 Å². The van der Waals surface area contributed by atoms with Crippen LogP contribution in [-0.2, 0) is 6.54 Å². The lowest BCUT2D eigenvalue weighted by Gasteiger charge is -2.35. The number of pyridine rings is 2. The summed E-state index contributed by atoms with van der Waals surface area (Å²) in [6.45, 7) is 12.3. The Morgan fingerprint density at radius 1 is 1.03 bits per heavy atom. The third-order valence-corrected chi connectivity index (χ3v) is 6.67. The zero-order valence-corrected chi connectivity index (χ0v) is 20.4. The van der Waals surface area contributed by atoms with Crippen LogP contribution in [0.1, 0.15) is 61.3 Å². The molecule has 4 heterocycles. The van der Waals surface area contributed by atoms with E-state index in [4.69, 9.17) is 4.98 Å². The van der Waals surface area contributed by atoms with Gasteiger partial charge < -0.3 is 4.90 Å². The van der Waals surface area contributed by atoms with Crippen molar-refractivity contribution < 1.29 is 4.79 Å². The predicted molar refractivity (Wildman–Crippen MR) is 135 cm³/mol. The second kappa shape index (κ2) is 9.14. The molecule has 1 saturated heterocycles. The predicted octanol–water partition coefficient (Wildman–Crippen LogP) is 4.64. The quantitative estimate of drug-likeness (QED) is 0.438. The van der Waals surface area contributed by atoms with E-state index in [1.165, 1.54) is 10.9 Å². The summed E-state index contributed by atoms with van der Waals surface area (Å²) in [6, 6.07) is 12.6. The van der Waals surface area contributed by atoms with Crippen LogP contribution in [0.25, 0.3) is 21.9 Å². The number of hydrogen-bond donors (Lipinski definition) is 0. The summed E-state index contributed by atoms with van der Waals surface area (Å²) in [5, 5.41) is 6.54. The number of benzene rings is 1. The molecule has 0 N–H and O–H groups in total. The Balaban J connectivity index is 1.35. The molecule has 1 aliphatic rings. The number of amides is 1. The minimum absolute atomic E-state index is 0.0732. The van der Waals surface area contributed by atoms with Gasteiger partial charge in [-0.05, 0) is 37.5 Å². The Kier molecular flexibility index (Phi) is 6.04. The third-order valence-electron chi connectivity index (χ3n) is 6.67. The van der Waals surface area contributed by atoms with Crippen molar-refractivity contribution in [3.05, 3.63) is 65.6 Å². The van der Waals surface area contributed by atoms with Crippen molar-refractivity contribution in [3.8, 4) is 0 Å². The van der Waals surface area contributed by atoms with Crippen LogP contribution in [-0.4, -0.2) is 61.6 Å². The molecule has 1 aliphatic heterocycles. The Morgan fingerprint density at radius 3 is 2.53 bits per heavy atom. The highest BCUT2D eigenvalue weighted by Crippen LogP contribution is 2.26. The van der Waals surface area contributed by atoms with Crippen LogP contribution in [0.4, 0.5) is 0 Å². The molecule has 176 valence electrons. The molecule has 5 rings (SSSR count). The van der Waals surface area contributed by atoms with Gasteiger partial charge >= 0.3 is 0 Å². The molecule has 0 saturated carbocycles. The molecule has 0 spiro atoms. The number of carbonyl (C=O) groups is 1. The highest BCUT2D eigenvalue weighted by Gasteiger charge is 2.26. The van der Waals surface area contributed by atoms with Gasteiger partial charge in [-0.1, -0.05) is 38.1 Å². The molecule has 3 aromatic heterocycles. The molecular formula is C27H32N6O. The van der Waals surface area contributed by atoms with Crippen LogP contribution in [0.2, 0.25) is 0 Å². The van der Waals surface area contributed by atoms with Crippen LogP contribution in [0.3, 0.4) is 0 Å². The van der Waals surface area contributed by atoms with Crippen LogP contribution in [0.15, 0.2) is 48.8 Å². The van der Waals surface area contributed by atoms with E-state index in [9.17, 15) is 4.79 Å². The lowest BCUT2D eigenvalue weighted by atomic mass is 10.0. The molecule has 4 aromatic rings. The minimum atomic E-state index is 0.0732. The molecular weight excluding hydrogens is 424 g/mol. The van der Waals surface area contributed by atoms with E-state index >= 15 is 0 Å². The summed E-state index contributed by atoms with van der Waals surface area (Å²) in [7, 11) is 0. The maximum Gasteiger partial charge on any atom is 0.254 e. The number of rotatable bonds is 5. The van der Waals surface area contributed by atoms with E-state index in [1.807, 2.05) is 27.9 Å². The zero-order chi connectivity index (χ0) is 23.8. The fourth-order valence-electron chi connectivity index (χ4n) is 4.70. The molecule has 0 radical (unpaired) electrons. The second-order valence-electron chi connectivity index (χ2n) is 9.73. The van der Waals surface area contributed by atoms with Crippen molar-refractivity contribution in [2.75, 3.05) is 26.2 Å². The number of carbonyl (C=O) groups excluding carboxylic acids is 1. The SMILES string of the molecule is CC(C)c1cc(C(=O)N2CCN(Cc3cccc4cccnc34)CC2)c2cnn(C(C)C)c2n1. The third kappa shape index (κ3) is 4.16. The van der Waals surface area contributed by atoms with Crippen LogP contribution in [0, 0.1) is 0 Å². The normalized spacial score (nSPS) is 15.2. The molecule has 7 nitrogen and oxygen atoms in total. The molecule has 0 aliphatic carbocycles. The average molecular weight is 457 g/mol. The summed E-state index contributed by atoms with van der Waals surface area (Å²) >= 11 is 0. The van der Waals surface area contributed by atoms with Crippen molar-refractivity contribution in [2.24, 2.45) is 0 Å². The van der Waals surface area contributed by atoms with Crippen LogP contribution in [0.5, 0.6) is 0 Å². The lowest BCUT2D eigenvalue weighted by molar-refractivity contribution is 0.0630. The van der Waals surface area contributed by atoms with E-state index in [0.717, 1.165) is 41.9 Å². The van der Waals surface area contributed by atoms with Gasteiger partial charge in [-0.25, -0.2) is 9.67 Å². The van der Waals surface area contributed by atoms with Gasteiger partial charge in [0.1, 0.15) is 0 Å².